The third-order valence-electron chi connectivity index (χ3n) is 5.85. The molecule has 0 bridgehead atoms. The molecule has 1 aliphatic heterocycles. The molecule has 2 aromatic carbocycles. The first-order valence-electron chi connectivity index (χ1n) is 10.7. The van der Waals surface area contributed by atoms with Crippen LogP contribution in [0.5, 0.6) is 11.5 Å². The highest BCUT2D eigenvalue weighted by Gasteiger charge is 2.32. The van der Waals surface area contributed by atoms with Crippen molar-refractivity contribution in [2.24, 2.45) is 0 Å². The Morgan fingerprint density at radius 3 is 2.77 bits per heavy atom. The average molecular weight is 403 g/mol. The lowest BCUT2D eigenvalue weighted by Gasteiger charge is -2.30. The first-order chi connectivity index (χ1) is 14.8. The van der Waals surface area contributed by atoms with Crippen LogP contribution in [0.3, 0.4) is 0 Å². The number of ketones is 1. The minimum absolute atomic E-state index is 0.0175. The molecule has 5 nitrogen and oxygen atoms in total. The molecule has 1 aliphatic carbocycles. The van der Waals surface area contributed by atoms with Gasteiger partial charge in [0, 0.05) is 5.39 Å². The zero-order valence-corrected chi connectivity index (χ0v) is 16.9. The van der Waals surface area contributed by atoms with Gasteiger partial charge >= 0.3 is 0 Å². The highest BCUT2D eigenvalue weighted by atomic mass is 16.5. The van der Waals surface area contributed by atoms with Gasteiger partial charge in [0.25, 0.3) is 0 Å². The van der Waals surface area contributed by atoms with Crippen LogP contribution in [0.4, 0.5) is 0 Å². The van der Waals surface area contributed by atoms with Gasteiger partial charge in [-0.15, -0.1) is 0 Å². The lowest BCUT2D eigenvalue weighted by atomic mass is 9.96. The SMILES string of the molecule is O=C1c2cc(OCc3ccc4ccccc4n3)ccc2OCC1OC1CCCCC1. The quantitative estimate of drug-likeness (QED) is 0.593. The van der Waals surface area contributed by atoms with Crippen molar-refractivity contribution in [3.05, 3.63) is 65.9 Å². The van der Waals surface area contributed by atoms with E-state index in [4.69, 9.17) is 14.2 Å². The molecule has 1 atom stereocenters. The molecule has 5 rings (SSSR count). The van der Waals surface area contributed by atoms with Gasteiger partial charge in [-0.1, -0.05) is 43.5 Å². The molecule has 0 amide bonds. The molecule has 0 N–H and O–H groups in total. The van der Waals surface area contributed by atoms with Crippen LogP contribution >= 0.6 is 0 Å². The number of ether oxygens (including phenoxy) is 3. The maximum absolute atomic E-state index is 13.0. The Morgan fingerprint density at radius 2 is 1.87 bits per heavy atom. The molecule has 1 fully saturated rings. The summed E-state index contributed by atoms with van der Waals surface area (Å²) in [7, 11) is 0. The zero-order chi connectivity index (χ0) is 20.3. The number of carbonyl (C=O) groups is 1. The van der Waals surface area contributed by atoms with E-state index in [2.05, 4.69) is 4.98 Å². The monoisotopic (exact) mass is 403 g/mol. The first kappa shape index (κ1) is 19.1. The normalized spacial score (nSPS) is 19.3. The lowest BCUT2D eigenvalue weighted by molar-refractivity contribution is -0.0387. The maximum Gasteiger partial charge on any atom is 0.198 e. The van der Waals surface area contributed by atoms with Crippen molar-refractivity contribution >= 4 is 16.7 Å². The molecular formula is C25H25NO4. The van der Waals surface area contributed by atoms with Crippen molar-refractivity contribution in [2.45, 2.75) is 50.9 Å². The molecule has 5 heteroatoms. The van der Waals surface area contributed by atoms with Crippen LogP contribution in [-0.4, -0.2) is 29.6 Å². The van der Waals surface area contributed by atoms with Gasteiger partial charge in [-0.05, 0) is 43.2 Å². The van der Waals surface area contributed by atoms with E-state index in [9.17, 15) is 4.79 Å². The Balaban J connectivity index is 1.27. The molecule has 0 radical (unpaired) electrons. The van der Waals surface area contributed by atoms with E-state index in [0.717, 1.165) is 29.4 Å². The molecule has 1 saturated carbocycles. The average Bonchev–Trinajstić information content (AvgIpc) is 2.80. The molecular weight excluding hydrogens is 378 g/mol. The number of nitrogens with zero attached hydrogens (tertiary/aromatic N) is 1. The number of Topliss-reactive ketones (excluding diaryl/α,β-unsaturated/α-hetero) is 1. The van der Waals surface area contributed by atoms with Gasteiger partial charge in [0.05, 0.1) is 22.9 Å². The summed E-state index contributed by atoms with van der Waals surface area (Å²) in [4.78, 5) is 17.6. The maximum atomic E-state index is 13.0. The number of para-hydroxylation sites is 1. The second-order valence-electron chi connectivity index (χ2n) is 8.00. The molecule has 2 aliphatic rings. The van der Waals surface area contributed by atoms with Gasteiger partial charge in [-0.25, -0.2) is 4.98 Å². The second-order valence-corrected chi connectivity index (χ2v) is 8.00. The fraction of sp³-hybridized carbons (Fsp3) is 0.360. The van der Waals surface area contributed by atoms with Crippen LogP contribution in [0.1, 0.15) is 48.2 Å². The largest absolute Gasteiger partial charge is 0.490 e. The fourth-order valence-corrected chi connectivity index (χ4v) is 4.21. The van der Waals surface area contributed by atoms with Crippen molar-refractivity contribution in [3.8, 4) is 11.5 Å². The molecule has 0 saturated heterocycles. The van der Waals surface area contributed by atoms with E-state index >= 15 is 0 Å². The molecule has 3 aromatic rings. The number of pyridine rings is 1. The highest BCUT2D eigenvalue weighted by molar-refractivity contribution is 6.03. The summed E-state index contributed by atoms with van der Waals surface area (Å²) >= 11 is 0. The number of benzene rings is 2. The third kappa shape index (κ3) is 4.03. The van der Waals surface area contributed by atoms with E-state index in [1.807, 2.05) is 42.5 Å². The summed E-state index contributed by atoms with van der Waals surface area (Å²) in [6, 6.07) is 17.4. The van der Waals surface area contributed by atoms with Gasteiger partial charge < -0.3 is 14.2 Å². The van der Waals surface area contributed by atoms with Gasteiger partial charge in [0.15, 0.2) is 11.9 Å². The summed E-state index contributed by atoms with van der Waals surface area (Å²) in [5.41, 5.74) is 2.31. The predicted molar refractivity (Wildman–Crippen MR) is 114 cm³/mol. The first-order valence-corrected chi connectivity index (χ1v) is 10.7. The van der Waals surface area contributed by atoms with Gasteiger partial charge in [0.2, 0.25) is 0 Å². The van der Waals surface area contributed by atoms with Gasteiger partial charge in [-0.2, -0.15) is 0 Å². The molecule has 1 unspecified atom stereocenters. The van der Waals surface area contributed by atoms with Crippen molar-refractivity contribution in [1.29, 1.82) is 0 Å². The van der Waals surface area contributed by atoms with E-state index in [1.54, 1.807) is 12.1 Å². The Morgan fingerprint density at radius 1 is 1.00 bits per heavy atom. The predicted octanol–water partition coefficient (Wildman–Crippen LogP) is 5.11. The van der Waals surface area contributed by atoms with E-state index < -0.39 is 6.10 Å². The van der Waals surface area contributed by atoms with Crippen molar-refractivity contribution < 1.29 is 19.0 Å². The smallest absolute Gasteiger partial charge is 0.198 e. The van der Waals surface area contributed by atoms with Crippen LogP contribution in [-0.2, 0) is 11.3 Å². The topological polar surface area (TPSA) is 57.7 Å². The van der Waals surface area contributed by atoms with Crippen LogP contribution in [0, 0.1) is 0 Å². The minimum atomic E-state index is -0.530. The van der Waals surface area contributed by atoms with Crippen LogP contribution < -0.4 is 9.47 Å². The van der Waals surface area contributed by atoms with Gasteiger partial charge in [-0.3, -0.25) is 4.79 Å². The minimum Gasteiger partial charge on any atom is -0.490 e. The second kappa shape index (κ2) is 8.44. The standard InChI is InChI=1S/C25H25NO4/c27-25-21-14-20(28-15-18-11-10-17-6-4-5-9-22(17)26-18)12-13-23(21)29-16-24(25)30-19-7-2-1-3-8-19/h4-6,9-14,19,24H,1-3,7-8,15-16H2. The van der Waals surface area contributed by atoms with Gasteiger partial charge in [0.1, 0.15) is 24.7 Å². The van der Waals surface area contributed by atoms with Crippen LogP contribution in [0.15, 0.2) is 54.6 Å². The summed E-state index contributed by atoms with van der Waals surface area (Å²) in [5, 5.41) is 1.10. The molecule has 154 valence electrons. The Hall–Kier alpha value is -2.92. The van der Waals surface area contributed by atoms with E-state index in [0.29, 0.717) is 23.7 Å². The number of fused-ring (bicyclic) bond motifs is 2. The molecule has 2 heterocycles. The summed E-state index contributed by atoms with van der Waals surface area (Å²) in [6.45, 7) is 0.615. The molecule has 1 aromatic heterocycles. The fourth-order valence-electron chi connectivity index (χ4n) is 4.21. The number of carbonyl (C=O) groups excluding carboxylic acids is 1. The Bertz CT molecular complexity index is 1060. The summed E-state index contributed by atoms with van der Waals surface area (Å²) in [6.07, 6.45) is 5.28. The van der Waals surface area contributed by atoms with E-state index in [1.165, 1.54) is 19.3 Å². The number of hydrogen-bond donors (Lipinski definition) is 0. The van der Waals surface area contributed by atoms with Crippen molar-refractivity contribution in [3.63, 3.8) is 0 Å². The zero-order valence-electron chi connectivity index (χ0n) is 16.9. The summed E-state index contributed by atoms with van der Waals surface area (Å²) in [5.74, 6) is 1.20. The lowest BCUT2D eigenvalue weighted by Crippen LogP contribution is -2.38. The van der Waals surface area contributed by atoms with E-state index in [-0.39, 0.29) is 18.5 Å². The number of rotatable bonds is 5. The van der Waals surface area contributed by atoms with Crippen molar-refractivity contribution in [1.82, 2.24) is 4.98 Å². The number of aromatic nitrogens is 1. The number of hydrogen-bond acceptors (Lipinski definition) is 5. The highest BCUT2D eigenvalue weighted by Crippen LogP contribution is 2.31. The third-order valence-corrected chi connectivity index (χ3v) is 5.85. The van der Waals surface area contributed by atoms with Crippen LogP contribution in [0.25, 0.3) is 10.9 Å². The molecule has 0 spiro atoms. The Labute approximate surface area is 176 Å². The summed E-state index contributed by atoms with van der Waals surface area (Å²) < 4.78 is 17.8. The Kier molecular flexibility index (Phi) is 5.37. The van der Waals surface area contributed by atoms with Crippen LogP contribution in [0.2, 0.25) is 0 Å². The molecule has 30 heavy (non-hydrogen) atoms. The van der Waals surface area contributed by atoms with Crippen molar-refractivity contribution in [2.75, 3.05) is 6.61 Å².